The summed E-state index contributed by atoms with van der Waals surface area (Å²) in [6.45, 7) is 0. The molecule has 3 heterocycles. The lowest BCUT2D eigenvalue weighted by molar-refractivity contribution is 0.632. The quantitative estimate of drug-likeness (QED) is 0.166. The highest BCUT2D eigenvalue weighted by Gasteiger charge is 2.59. The molecule has 0 radical (unpaired) electrons. The number of hydrogen-bond acceptors (Lipinski definition) is 3. The number of furan rings is 1. The smallest absolute Gasteiger partial charge is 0.149 e. The maximum atomic E-state index is 6.70. The third kappa shape index (κ3) is 3.69. The van der Waals surface area contributed by atoms with E-state index in [-0.39, 0.29) is 0 Å². The summed E-state index contributed by atoms with van der Waals surface area (Å²) in [4.78, 5) is 10.7. The van der Waals surface area contributed by atoms with Gasteiger partial charge >= 0.3 is 0 Å². The third-order valence-corrected chi connectivity index (χ3v) is 14.5. The fourth-order valence-corrected chi connectivity index (χ4v) is 12.3. The summed E-state index contributed by atoms with van der Waals surface area (Å²) in [6, 6.07) is 73.7. The van der Waals surface area contributed by atoms with Crippen LogP contribution in [0.25, 0.3) is 83.2 Å². The van der Waals surface area contributed by atoms with Gasteiger partial charge in [-0.25, -0.2) is 9.97 Å². The molecule has 0 amide bonds. The number of para-hydroxylation sites is 4. The first kappa shape index (κ1) is 32.7. The van der Waals surface area contributed by atoms with E-state index in [1.807, 2.05) is 0 Å². The van der Waals surface area contributed by atoms with E-state index in [0.29, 0.717) is 0 Å². The Morgan fingerprint density at radius 1 is 0.387 bits per heavy atom. The number of fused-ring (bicyclic) bond motifs is 25. The molecule has 3 aliphatic carbocycles. The molecule has 0 atom stereocenters. The average Bonchev–Trinajstić information content (AvgIpc) is 4.07. The van der Waals surface area contributed by atoms with Crippen molar-refractivity contribution in [3.63, 3.8) is 0 Å². The lowest BCUT2D eigenvalue weighted by Crippen LogP contribution is -2.43. The van der Waals surface area contributed by atoms with Crippen LogP contribution in [0.15, 0.2) is 205 Å². The fraction of sp³-hybridized carbons (Fsp3) is 0.0345. The van der Waals surface area contributed by atoms with Gasteiger partial charge in [-0.3, -0.25) is 4.40 Å². The highest BCUT2D eigenvalue weighted by Crippen LogP contribution is 2.68. The van der Waals surface area contributed by atoms with E-state index in [9.17, 15) is 0 Å². The topological polar surface area (TPSA) is 43.3 Å². The maximum absolute atomic E-state index is 6.70. The van der Waals surface area contributed by atoms with Crippen molar-refractivity contribution in [3.05, 3.63) is 245 Å². The van der Waals surface area contributed by atoms with Crippen molar-refractivity contribution in [3.8, 4) is 33.6 Å². The maximum Gasteiger partial charge on any atom is 0.149 e. The molecule has 286 valence electrons. The molecule has 0 aliphatic heterocycles. The van der Waals surface area contributed by atoms with Crippen molar-refractivity contribution in [2.75, 3.05) is 0 Å². The van der Waals surface area contributed by atoms with Crippen LogP contribution in [0.3, 0.4) is 0 Å². The number of benzene rings is 9. The third-order valence-electron chi connectivity index (χ3n) is 14.5. The molecule has 0 bridgehead atoms. The molecule has 2 spiro atoms. The number of rotatable bonds is 1. The van der Waals surface area contributed by atoms with E-state index >= 15 is 0 Å². The van der Waals surface area contributed by atoms with Gasteiger partial charge in [0.2, 0.25) is 0 Å². The molecule has 62 heavy (non-hydrogen) atoms. The Balaban J connectivity index is 1.11. The Kier molecular flexibility index (Phi) is 6.01. The Hall–Kier alpha value is -8.08. The van der Waals surface area contributed by atoms with E-state index in [2.05, 4.69) is 205 Å². The molecule has 15 rings (SSSR count). The van der Waals surface area contributed by atoms with E-state index < -0.39 is 10.8 Å². The summed E-state index contributed by atoms with van der Waals surface area (Å²) in [5.74, 6) is 0.865. The number of aromatic nitrogens is 3. The summed E-state index contributed by atoms with van der Waals surface area (Å²) < 4.78 is 8.95. The van der Waals surface area contributed by atoms with Crippen LogP contribution in [-0.4, -0.2) is 14.4 Å². The zero-order valence-corrected chi connectivity index (χ0v) is 33.3. The minimum Gasteiger partial charge on any atom is -0.456 e. The van der Waals surface area contributed by atoms with Crippen LogP contribution in [0, 0.1) is 0 Å². The van der Waals surface area contributed by atoms with E-state index in [1.54, 1.807) is 0 Å². The highest BCUT2D eigenvalue weighted by molar-refractivity contribution is 6.16. The molecule has 0 saturated heterocycles. The molecule has 0 N–H and O–H groups in total. The second-order valence-corrected chi connectivity index (χ2v) is 17.1. The van der Waals surface area contributed by atoms with Crippen molar-refractivity contribution < 1.29 is 4.42 Å². The van der Waals surface area contributed by atoms with Crippen LogP contribution in [0.5, 0.6) is 0 Å². The normalized spacial score (nSPS) is 14.7. The SMILES string of the molecule is c1ccc2c(c1)-c1ccccc1C21c2ccccc2C2(c3ccc(-c4nc5ccccc5c5nc6ccccc6n45)cc3-c3c2ccc2oc4ccccc4c32)c2ccccc21. The summed E-state index contributed by atoms with van der Waals surface area (Å²) >= 11 is 0. The lowest BCUT2D eigenvalue weighted by Gasteiger charge is -2.48. The van der Waals surface area contributed by atoms with Gasteiger partial charge in [0.05, 0.1) is 27.4 Å². The second-order valence-electron chi connectivity index (χ2n) is 17.1. The first-order valence-electron chi connectivity index (χ1n) is 21.4. The zero-order chi connectivity index (χ0) is 40.3. The van der Waals surface area contributed by atoms with Crippen molar-refractivity contribution in [2.24, 2.45) is 0 Å². The monoisotopic (exact) mass is 787 g/mol. The standard InChI is InChI=1S/C58H33N3O/c1-5-19-40-35(15-1)36-16-2-6-20-41(36)57(40)43-21-7-9-23-45(43)58(46-24-10-8-22-44(46)57)42-30-29-34(33-39(42)53-47(58)31-32-52-54(53)38-18-4-14-28-51(38)62-52)55-59-48-25-11-3-17-37(48)56-60-49-26-12-13-27-50(49)61(55)56/h1-33H. The molecule has 9 aromatic carbocycles. The highest BCUT2D eigenvalue weighted by atomic mass is 16.3. The van der Waals surface area contributed by atoms with E-state index in [0.717, 1.165) is 60.9 Å². The molecule has 3 aliphatic rings. The van der Waals surface area contributed by atoms with E-state index in [1.165, 1.54) is 66.8 Å². The van der Waals surface area contributed by atoms with Gasteiger partial charge in [-0.15, -0.1) is 0 Å². The molecule has 12 aromatic rings. The summed E-state index contributed by atoms with van der Waals surface area (Å²) in [7, 11) is 0. The molecule has 4 nitrogen and oxygen atoms in total. The second kappa shape index (κ2) is 11.4. The van der Waals surface area contributed by atoms with Crippen LogP contribution >= 0.6 is 0 Å². The van der Waals surface area contributed by atoms with Crippen LogP contribution in [0.2, 0.25) is 0 Å². The molecule has 0 saturated carbocycles. The molecule has 0 fully saturated rings. The Morgan fingerprint density at radius 3 is 1.63 bits per heavy atom. The molecule has 0 unspecified atom stereocenters. The van der Waals surface area contributed by atoms with Crippen molar-refractivity contribution in [1.82, 2.24) is 14.4 Å². The van der Waals surface area contributed by atoms with Crippen molar-refractivity contribution in [1.29, 1.82) is 0 Å². The largest absolute Gasteiger partial charge is 0.456 e. The minimum atomic E-state index is -0.644. The fourth-order valence-electron chi connectivity index (χ4n) is 12.3. The van der Waals surface area contributed by atoms with Gasteiger partial charge in [0, 0.05) is 21.7 Å². The number of hydrogen-bond donors (Lipinski definition) is 0. The average molecular weight is 788 g/mol. The zero-order valence-electron chi connectivity index (χ0n) is 33.3. The van der Waals surface area contributed by atoms with Gasteiger partial charge < -0.3 is 4.42 Å². The van der Waals surface area contributed by atoms with Gasteiger partial charge in [-0.2, -0.15) is 0 Å². The van der Waals surface area contributed by atoms with Crippen molar-refractivity contribution in [2.45, 2.75) is 10.8 Å². The predicted molar refractivity (Wildman–Crippen MR) is 249 cm³/mol. The van der Waals surface area contributed by atoms with E-state index in [4.69, 9.17) is 14.4 Å². The number of nitrogens with zero attached hydrogens (tertiary/aromatic N) is 3. The lowest BCUT2D eigenvalue weighted by atomic mass is 9.52. The minimum absolute atomic E-state index is 0.510. The van der Waals surface area contributed by atoms with Gasteiger partial charge in [0.1, 0.15) is 22.6 Å². The van der Waals surface area contributed by atoms with Crippen LogP contribution in [0.4, 0.5) is 0 Å². The van der Waals surface area contributed by atoms with Gasteiger partial charge in [-0.1, -0.05) is 158 Å². The summed E-state index contributed by atoms with van der Waals surface area (Å²) in [5, 5.41) is 3.29. The molecule has 4 heteroatoms. The Labute approximate surface area is 356 Å². The molecular weight excluding hydrogens is 755 g/mol. The Bertz CT molecular complexity index is 3870. The van der Waals surface area contributed by atoms with Gasteiger partial charge in [0.25, 0.3) is 0 Å². The number of imidazole rings is 1. The van der Waals surface area contributed by atoms with Gasteiger partial charge in [0.15, 0.2) is 0 Å². The van der Waals surface area contributed by atoms with Crippen LogP contribution in [-0.2, 0) is 10.8 Å². The first-order chi connectivity index (χ1) is 30.8. The van der Waals surface area contributed by atoms with Crippen LogP contribution < -0.4 is 0 Å². The van der Waals surface area contributed by atoms with Crippen LogP contribution in [0.1, 0.15) is 44.5 Å². The molecule has 3 aromatic heterocycles. The predicted octanol–water partition coefficient (Wildman–Crippen LogP) is 13.6. The Morgan fingerprint density at radius 2 is 0.919 bits per heavy atom. The summed E-state index contributed by atoms with van der Waals surface area (Å²) in [5.41, 5.74) is 20.9. The van der Waals surface area contributed by atoms with Gasteiger partial charge in [-0.05, 0) is 109 Å². The first-order valence-corrected chi connectivity index (χ1v) is 21.4. The molecular formula is C58H33N3O. The summed E-state index contributed by atoms with van der Waals surface area (Å²) in [6.07, 6.45) is 0. The van der Waals surface area contributed by atoms with Crippen molar-refractivity contribution >= 4 is 49.5 Å².